The Hall–Kier alpha value is 0.0400. The first kappa shape index (κ1) is 20.0. The summed E-state index contributed by atoms with van der Waals surface area (Å²) in [6.07, 6.45) is 2.80. The van der Waals surface area contributed by atoms with E-state index in [0.717, 1.165) is 48.2 Å². The molecule has 0 unspecified atom stereocenters. The highest BCUT2D eigenvalue weighted by molar-refractivity contribution is 6.36. The molecule has 0 aromatic heterocycles. The number of hydrogen-bond donors (Lipinski definition) is 1. The lowest BCUT2D eigenvalue weighted by Crippen LogP contribution is -2.45. The van der Waals surface area contributed by atoms with Crippen molar-refractivity contribution >= 4 is 48.0 Å². The number of benzene rings is 1. The monoisotopic (exact) mass is 356 g/mol. The minimum Gasteiger partial charge on any atom is -0.314 e. The number of nitrogens with zero attached hydrogens (tertiary/aromatic N) is 1. The maximum atomic E-state index is 6.32. The third-order valence-corrected chi connectivity index (χ3v) is 3.97. The summed E-state index contributed by atoms with van der Waals surface area (Å²) in [5.41, 5.74) is 1.03. The third-order valence-electron chi connectivity index (χ3n) is 3.32. The molecule has 0 saturated carbocycles. The topological polar surface area (TPSA) is 15.3 Å². The number of halogens is 4. The predicted molar refractivity (Wildman–Crippen MR) is 93.0 cm³/mol. The molecule has 2 rings (SSSR count). The lowest BCUT2D eigenvalue weighted by Gasteiger charge is -2.35. The molecule has 1 aromatic carbocycles. The summed E-state index contributed by atoms with van der Waals surface area (Å²) in [5, 5.41) is 4.85. The van der Waals surface area contributed by atoms with Gasteiger partial charge in [-0.1, -0.05) is 35.3 Å². The van der Waals surface area contributed by atoms with E-state index in [4.69, 9.17) is 23.2 Å². The minimum absolute atomic E-state index is 0. The Morgan fingerprint density at radius 1 is 1.20 bits per heavy atom. The summed E-state index contributed by atoms with van der Waals surface area (Å²) in [5.74, 6) is 0. The molecule has 0 radical (unpaired) electrons. The summed E-state index contributed by atoms with van der Waals surface area (Å²) in [6.45, 7) is 7.90. The van der Waals surface area contributed by atoms with E-state index < -0.39 is 0 Å². The van der Waals surface area contributed by atoms with E-state index in [-0.39, 0.29) is 30.9 Å². The molecule has 0 aliphatic carbocycles. The van der Waals surface area contributed by atoms with Crippen LogP contribution >= 0.6 is 48.0 Å². The average molecular weight is 358 g/mol. The van der Waals surface area contributed by atoms with Crippen molar-refractivity contribution in [2.75, 3.05) is 26.2 Å². The van der Waals surface area contributed by atoms with Gasteiger partial charge in [-0.3, -0.25) is 4.90 Å². The van der Waals surface area contributed by atoms with Crippen LogP contribution in [0.15, 0.2) is 30.9 Å². The Bertz CT molecular complexity index is 399. The maximum Gasteiger partial charge on any atom is 0.0468 e. The van der Waals surface area contributed by atoms with E-state index >= 15 is 0 Å². The first-order valence-corrected chi connectivity index (χ1v) is 6.99. The van der Waals surface area contributed by atoms with Gasteiger partial charge in [-0.15, -0.1) is 31.4 Å². The second-order valence-corrected chi connectivity index (χ2v) is 5.28. The Kier molecular flexibility index (Phi) is 9.90. The van der Waals surface area contributed by atoms with E-state index in [1.807, 2.05) is 24.3 Å². The molecule has 20 heavy (non-hydrogen) atoms. The zero-order valence-electron chi connectivity index (χ0n) is 11.1. The molecule has 0 bridgehead atoms. The molecule has 1 aromatic rings. The minimum atomic E-state index is 0. The fraction of sp³-hybridized carbons (Fsp3) is 0.429. The molecule has 0 amide bonds. The first-order valence-electron chi connectivity index (χ1n) is 6.23. The van der Waals surface area contributed by atoms with Crippen molar-refractivity contribution in [3.05, 3.63) is 46.5 Å². The molecule has 1 aliphatic heterocycles. The van der Waals surface area contributed by atoms with Gasteiger partial charge >= 0.3 is 0 Å². The Labute approximate surface area is 143 Å². The molecule has 1 fully saturated rings. The van der Waals surface area contributed by atoms with Crippen molar-refractivity contribution in [3.63, 3.8) is 0 Å². The van der Waals surface area contributed by atoms with Crippen molar-refractivity contribution < 1.29 is 0 Å². The van der Waals surface area contributed by atoms with Crippen LogP contribution in [-0.4, -0.2) is 31.1 Å². The second-order valence-electron chi connectivity index (χ2n) is 4.46. The predicted octanol–water partition coefficient (Wildman–Crippen LogP) is 4.36. The van der Waals surface area contributed by atoms with Crippen LogP contribution in [0.4, 0.5) is 0 Å². The van der Waals surface area contributed by atoms with Gasteiger partial charge in [0.2, 0.25) is 0 Å². The van der Waals surface area contributed by atoms with Crippen LogP contribution in [0.5, 0.6) is 0 Å². The van der Waals surface area contributed by atoms with Gasteiger partial charge in [0.05, 0.1) is 0 Å². The molecule has 0 spiro atoms. The molecular formula is C14H20Cl4N2. The lowest BCUT2D eigenvalue weighted by atomic mass is 10.0. The molecule has 6 heteroatoms. The molecule has 2 nitrogen and oxygen atoms in total. The van der Waals surface area contributed by atoms with Crippen molar-refractivity contribution in [1.82, 2.24) is 10.2 Å². The highest BCUT2D eigenvalue weighted by Gasteiger charge is 2.24. The summed E-state index contributed by atoms with van der Waals surface area (Å²) in [6, 6.07) is 5.92. The van der Waals surface area contributed by atoms with E-state index in [2.05, 4.69) is 16.8 Å². The van der Waals surface area contributed by atoms with Crippen LogP contribution in [0, 0.1) is 0 Å². The van der Waals surface area contributed by atoms with Crippen LogP contribution < -0.4 is 5.32 Å². The summed E-state index contributed by atoms with van der Waals surface area (Å²) >= 11 is 12.6. The molecule has 1 heterocycles. The van der Waals surface area contributed by atoms with E-state index in [1.54, 1.807) is 0 Å². The van der Waals surface area contributed by atoms with Crippen molar-refractivity contribution in [2.45, 2.75) is 12.5 Å². The number of hydrogen-bond acceptors (Lipinski definition) is 2. The largest absolute Gasteiger partial charge is 0.314 e. The summed E-state index contributed by atoms with van der Waals surface area (Å²) in [4.78, 5) is 2.42. The van der Waals surface area contributed by atoms with Crippen molar-refractivity contribution in [1.29, 1.82) is 0 Å². The Morgan fingerprint density at radius 2 is 1.75 bits per heavy atom. The number of rotatable bonds is 4. The van der Waals surface area contributed by atoms with Gasteiger partial charge in [-0.05, 0) is 18.6 Å². The molecule has 1 saturated heterocycles. The molecule has 114 valence electrons. The summed E-state index contributed by atoms with van der Waals surface area (Å²) in [7, 11) is 0. The van der Waals surface area contributed by atoms with Crippen molar-refractivity contribution in [2.24, 2.45) is 0 Å². The number of piperazine rings is 1. The fourth-order valence-electron chi connectivity index (χ4n) is 2.43. The van der Waals surface area contributed by atoms with Gasteiger partial charge in [-0.25, -0.2) is 0 Å². The summed E-state index contributed by atoms with van der Waals surface area (Å²) < 4.78 is 0. The second kappa shape index (κ2) is 9.88. The molecule has 1 N–H and O–H groups in total. The molecule has 1 atom stereocenters. The van der Waals surface area contributed by atoms with Gasteiger partial charge in [0.25, 0.3) is 0 Å². The number of nitrogens with one attached hydrogen (secondary N) is 1. The van der Waals surface area contributed by atoms with Gasteiger partial charge in [0.1, 0.15) is 0 Å². The molecule has 1 aliphatic rings. The van der Waals surface area contributed by atoms with Crippen LogP contribution in [-0.2, 0) is 0 Å². The van der Waals surface area contributed by atoms with E-state index in [0.29, 0.717) is 0 Å². The Morgan fingerprint density at radius 3 is 2.25 bits per heavy atom. The van der Waals surface area contributed by atoms with Crippen LogP contribution in [0.25, 0.3) is 0 Å². The normalized spacial score (nSPS) is 16.7. The van der Waals surface area contributed by atoms with Gasteiger partial charge < -0.3 is 5.32 Å². The highest BCUT2D eigenvalue weighted by atomic mass is 35.5. The third kappa shape index (κ3) is 4.80. The van der Waals surface area contributed by atoms with Gasteiger partial charge in [0.15, 0.2) is 0 Å². The van der Waals surface area contributed by atoms with Crippen LogP contribution in [0.1, 0.15) is 18.0 Å². The zero-order chi connectivity index (χ0) is 13.0. The fourth-order valence-corrected chi connectivity index (χ4v) is 3.08. The quantitative estimate of drug-likeness (QED) is 0.805. The zero-order valence-corrected chi connectivity index (χ0v) is 14.3. The maximum absolute atomic E-state index is 6.32. The smallest absolute Gasteiger partial charge is 0.0468 e. The van der Waals surface area contributed by atoms with Crippen molar-refractivity contribution in [3.8, 4) is 0 Å². The highest BCUT2D eigenvalue weighted by Crippen LogP contribution is 2.35. The van der Waals surface area contributed by atoms with Gasteiger partial charge in [0, 0.05) is 47.8 Å². The first-order chi connectivity index (χ1) is 8.74. The Balaban J connectivity index is 0.00000180. The van der Waals surface area contributed by atoms with Crippen LogP contribution in [0.3, 0.4) is 0 Å². The SMILES string of the molecule is C=CC[C@H](c1c(Cl)cccc1Cl)N1CCNCC1.Cl.Cl. The molecular weight excluding hydrogens is 338 g/mol. The van der Waals surface area contributed by atoms with E-state index in [1.165, 1.54) is 0 Å². The lowest BCUT2D eigenvalue weighted by molar-refractivity contribution is 0.174. The van der Waals surface area contributed by atoms with E-state index in [9.17, 15) is 0 Å². The standard InChI is InChI=1S/C14H18Cl2N2.2ClH/c1-2-4-13(18-9-7-17-8-10-18)14-11(15)5-3-6-12(14)16;;/h2-3,5-6,13,17H,1,4,7-10H2;2*1H/t13-;;/m1../s1. The average Bonchev–Trinajstić information content (AvgIpc) is 2.38. The van der Waals surface area contributed by atoms with Crippen LogP contribution in [0.2, 0.25) is 10.0 Å². The van der Waals surface area contributed by atoms with Gasteiger partial charge in [-0.2, -0.15) is 0 Å².